The van der Waals surface area contributed by atoms with E-state index in [0.717, 1.165) is 51.0 Å². The third-order valence-electron chi connectivity index (χ3n) is 10.5. The fourth-order valence-corrected chi connectivity index (χ4v) is 9.07. The van der Waals surface area contributed by atoms with Crippen molar-refractivity contribution in [3.05, 3.63) is 193 Å². The van der Waals surface area contributed by atoms with Gasteiger partial charge < -0.3 is 4.42 Å². The summed E-state index contributed by atoms with van der Waals surface area (Å²) in [4.78, 5) is 13.6. The first-order chi connectivity index (χ1) is 28.6. The molecule has 0 atom stereocenters. The molecule has 0 bridgehead atoms. The summed E-state index contributed by atoms with van der Waals surface area (Å²) in [5.41, 5.74) is 14.7. The van der Waals surface area contributed by atoms with E-state index in [1.807, 2.05) is 54.9 Å². The van der Waals surface area contributed by atoms with Crippen molar-refractivity contribution in [2.45, 2.75) is 59.7 Å². The van der Waals surface area contributed by atoms with Gasteiger partial charge in [0.25, 0.3) is 0 Å². The largest absolute Gasteiger partial charge is 0.455 e. The van der Waals surface area contributed by atoms with Crippen LogP contribution in [-0.4, -0.2) is 23.0 Å². The number of fused-ring (bicyclic) bond motifs is 3. The second-order valence-corrected chi connectivity index (χ2v) is 21.3. The summed E-state index contributed by atoms with van der Waals surface area (Å²) >= 11 is 0. The Morgan fingerprint density at radius 1 is 0.567 bits per heavy atom. The normalized spacial score (nSPS) is 11.0. The summed E-state index contributed by atoms with van der Waals surface area (Å²) in [5.74, 6) is 0.548. The van der Waals surface area contributed by atoms with Gasteiger partial charge >= 0.3 is 0 Å². The number of furan rings is 1. The second kappa shape index (κ2) is 20.0. The summed E-state index contributed by atoms with van der Waals surface area (Å²) in [5, 5.41) is 3.77. The van der Waals surface area contributed by atoms with Crippen LogP contribution < -0.4 is 5.19 Å². The molecular formula is C54H53IrN3OSi. The molecule has 0 saturated carbocycles. The van der Waals surface area contributed by atoms with E-state index in [4.69, 9.17) is 9.40 Å². The predicted molar refractivity (Wildman–Crippen MR) is 253 cm³/mol. The fraction of sp³-hybridized carbons (Fsp3) is 0.167. The third-order valence-corrected chi connectivity index (χ3v) is 12.6. The number of aryl methyl sites for hydroxylation is 2. The van der Waals surface area contributed by atoms with Crippen LogP contribution in [0.3, 0.4) is 0 Å². The number of benzene rings is 5. The molecule has 0 fully saturated rings. The van der Waals surface area contributed by atoms with E-state index >= 15 is 0 Å². The van der Waals surface area contributed by atoms with Crippen molar-refractivity contribution in [1.82, 2.24) is 15.0 Å². The van der Waals surface area contributed by atoms with E-state index < -0.39 is 8.07 Å². The molecule has 9 aromatic rings. The maximum atomic E-state index is 6.30. The van der Waals surface area contributed by atoms with Crippen molar-refractivity contribution in [2.75, 3.05) is 0 Å². The molecule has 303 valence electrons. The van der Waals surface area contributed by atoms with Gasteiger partial charge in [0, 0.05) is 66.2 Å². The maximum Gasteiger partial charge on any atom is 0.144 e. The van der Waals surface area contributed by atoms with Crippen LogP contribution in [0.5, 0.6) is 0 Å². The van der Waals surface area contributed by atoms with Gasteiger partial charge in [-0.05, 0) is 94.7 Å². The number of aromatic nitrogens is 3. The van der Waals surface area contributed by atoms with Crippen LogP contribution in [0.4, 0.5) is 0 Å². The molecule has 0 aliphatic heterocycles. The number of hydrogen-bond acceptors (Lipinski definition) is 4. The van der Waals surface area contributed by atoms with Crippen molar-refractivity contribution in [3.8, 4) is 44.9 Å². The van der Waals surface area contributed by atoms with E-state index in [2.05, 4.69) is 179 Å². The molecule has 9 rings (SSSR count). The van der Waals surface area contributed by atoms with Gasteiger partial charge in [-0.2, -0.15) is 0 Å². The Bertz CT molecular complexity index is 2780. The molecule has 0 unspecified atom stereocenters. The van der Waals surface area contributed by atoms with E-state index in [9.17, 15) is 0 Å². The Labute approximate surface area is 370 Å². The van der Waals surface area contributed by atoms with Gasteiger partial charge in [-0.3, -0.25) is 15.0 Å². The molecule has 1 radical (unpaired) electrons. The Morgan fingerprint density at radius 3 is 1.73 bits per heavy atom. The Kier molecular flexibility index (Phi) is 14.6. The smallest absolute Gasteiger partial charge is 0.144 e. The van der Waals surface area contributed by atoms with Crippen LogP contribution in [0.15, 0.2) is 181 Å². The summed E-state index contributed by atoms with van der Waals surface area (Å²) in [6.45, 7) is 15.9. The molecular weight excluding hydrogens is 927 g/mol. The molecule has 0 spiro atoms. The van der Waals surface area contributed by atoms with Gasteiger partial charge in [0.15, 0.2) is 0 Å². The monoisotopic (exact) mass is 980 g/mol. The van der Waals surface area contributed by atoms with Gasteiger partial charge in [0.05, 0.1) is 25.2 Å². The number of para-hydroxylation sites is 1. The molecule has 5 aromatic carbocycles. The SMILES string of the molecule is CC(C)c1cc(-c2ccccc2)ncc1[Si](C)(C)C.CCc1ccnc(-c2ccccc2)c1.Cc1ccnc(-c2cccc3c2oc2cccc(-c4ccccc4)c23)c1.[Ir]. The average Bonchev–Trinajstić information content (AvgIpc) is 3.67. The van der Waals surface area contributed by atoms with Gasteiger partial charge in [-0.25, -0.2) is 0 Å². The molecule has 6 heteroatoms. The van der Waals surface area contributed by atoms with Crippen LogP contribution in [0, 0.1) is 6.92 Å². The van der Waals surface area contributed by atoms with E-state index in [1.54, 1.807) is 0 Å². The minimum absolute atomic E-state index is 0. The van der Waals surface area contributed by atoms with Crippen LogP contribution in [0.1, 0.15) is 43.4 Å². The summed E-state index contributed by atoms with van der Waals surface area (Å²) in [6.07, 6.45) is 6.90. The van der Waals surface area contributed by atoms with Crippen LogP contribution in [-0.2, 0) is 26.5 Å². The van der Waals surface area contributed by atoms with Gasteiger partial charge in [0.1, 0.15) is 11.2 Å². The third kappa shape index (κ3) is 10.3. The summed E-state index contributed by atoms with van der Waals surface area (Å²) in [7, 11) is -1.33. The molecule has 4 aromatic heterocycles. The van der Waals surface area contributed by atoms with Crippen molar-refractivity contribution >= 4 is 35.2 Å². The zero-order chi connectivity index (χ0) is 41.4. The predicted octanol–water partition coefficient (Wildman–Crippen LogP) is 14.3. The molecule has 4 nitrogen and oxygen atoms in total. The number of hydrogen-bond donors (Lipinski definition) is 0. The Hall–Kier alpha value is -5.78. The number of pyridine rings is 3. The quantitative estimate of drug-likeness (QED) is 0.149. The Balaban J connectivity index is 0.000000158. The van der Waals surface area contributed by atoms with Crippen LogP contribution >= 0.6 is 0 Å². The topological polar surface area (TPSA) is 51.8 Å². The summed E-state index contributed by atoms with van der Waals surface area (Å²) < 4.78 is 6.30. The zero-order valence-corrected chi connectivity index (χ0v) is 39.0. The van der Waals surface area contributed by atoms with Crippen molar-refractivity contribution in [3.63, 3.8) is 0 Å². The van der Waals surface area contributed by atoms with E-state index in [-0.39, 0.29) is 20.1 Å². The minimum atomic E-state index is -1.33. The molecule has 0 N–H and O–H groups in total. The number of rotatable bonds is 7. The van der Waals surface area contributed by atoms with Gasteiger partial charge in [-0.15, -0.1) is 0 Å². The molecule has 0 amide bonds. The van der Waals surface area contributed by atoms with Crippen molar-refractivity contribution in [1.29, 1.82) is 0 Å². The fourth-order valence-electron chi connectivity index (χ4n) is 7.39. The van der Waals surface area contributed by atoms with Gasteiger partial charge in [-0.1, -0.05) is 156 Å². The maximum absolute atomic E-state index is 6.30. The molecule has 0 aliphatic rings. The van der Waals surface area contributed by atoms with E-state index in [0.29, 0.717) is 5.92 Å². The first-order valence-corrected chi connectivity index (χ1v) is 24.1. The van der Waals surface area contributed by atoms with Crippen LogP contribution in [0.2, 0.25) is 19.6 Å². The van der Waals surface area contributed by atoms with Gasteiger partial charge in [0.2, 0.25) is 0 Å². The second-order valence-electron chi connectivity index (χ2n) is 16.2. The summed E-state index contributed by atoms with van der Waals surface area (Å²) in [6, 6.07) is 54.3. The van der Waals surface area contributed by atoms with Crippen molar-refractivity contribution < 1.29 is 24.5 Å². The average molecular weight is 980 g/mol. The standard InChI is InChI=1S/C24H17NO.C17H23NSi.C13H13N.Ir/c1-16-13-14-25-21(15-16)19-10-5-11-20-23-18(17-7-3-2-4-8-17)9-6-12-22(23)26-24(19)20;1-13(2)15-11-16(14-9-7-6-8-10-14)18-12-17(15)19(3,4)5;1-2-11-8-9-14-13(10-11)12-6-4-3-5-7-12;/h2-15H,1H3;6-13H,1-5H3;3-10H,2H2,1H3;. The number of nitrogens with zero attached hydrogens (tertiary/aromatic N) is 3. The zero-order valence-electron chi connectivity index (χ0n) is 35.6. The first kappa shape index (κ1) is 43.8. The first-order valence-electron chi connectivity index (χ1n) is 20.6. The Morgan fingerprint density at radius 2 is 1.13 bits per heavy atom. The van der Waals surface area contributed by atoms with Crippen LogP contribution in [0.25, 0.3) is 66.8 Å². The van der Waals surface area contributed by atoms with E-state index in [1.165, 1.54) is 44.1 Å². The molecule has 0 saturated heterocycles. The minimum Gasteiger partial charge on any atom is -0.455 e. The molecule has 60 heavy (non-hydrogen) atoms. The molecule has 4 heterocycles. The van der Waals surface area contributed by atoms with Crippen molar-refractivity contribution in [2.24, 2.45) is 0 Å². The molecule has 0 aliphatic carbocycles.